The molecule has 0 aromatic heterocycles. The van der Waals surface area contributed by atoms with Gasteiger partial charge in [0.05, 0.1) is 8.07 Å². The van der Waals surface area contributed by atoms with E-state index in [9.17, 15) is 0 Å². The van der Waals surface area contributed by atoms with Gasteiger partial charge in [-0.25, -0.2) is 0 Å². The Labute approximate surface area is 164 Å². The molecule has 0 spiro atoms. The zero-order valence-corrected chi connectivity index (χ0v) is 22.4. The lowest BCUT2D eigenvalue weighted by Gasteiger charge is -2.52. The number of rotatable bonds is 15. The minimum absolute atomic E-state index is 0.959. The lowest BCUT2D eigenvalue weighted by Crippen LogP contribution is -2.66. The van der Waals surface area contributed by atoms with Crippen LogP contribution in [0, 0.1) is 0 Å². The highest BCUT2D eigenvalue weighted by molar-refractivity contribution is 6.92. The molecule has 1 nitrogen and oxygen atoms in total. The van der Waals surface area contributed by atoms with Gasteiger partial charge in [0.25, 0.3) is 0 Å². The average molecular weight is 402 g/mol. The molecule has 0 N–H and O–H groups in total. The molecular formula is C21H51NSi3. The maximum atomic E-state index is 3.29. The van der Waals surface area contributed by atoms with E-state index in [4.69, 9.17) is 0 Å². The molecule has 0 unspecified atom stereocenters. The lowest BCUT2D eigenvalue weighted by atomic mass is 10.5. The molecule has 0 fully saturated rings. The third-order valence-electron chi connectivity index (χ3n) is 8.43. The van der Waals surface area contributed by atoms with Gasteiger partial charge in [-0.3, -0.25) is 0 Å². The van der Waals surface area contributed by atoms with E-state index in [1.165, 1.54) is 67.4 Å². The van der Waals surface area contributed by atoms with Crippen LogP contribution in [0.2, 0.25) is 60.4 Å². The standard InChI is InChI=1S/C21H51NSi3/c1-10-23(11-2,12-3)21-19-20-22(24(13-4,14-5)15-6)25(16-7,17-8)18-9/h10-21H2,1-9H3. The molecule has 0 aromatic carbocycles. The van der Waals surface area contributed by atoms with Crippen LogP contribution in [0.25, 0.3) is 0 Å². The van der Waals surface area contributed by atoms with Crippen LogP contribution in [0.15, 0.2) is 0 Å². The maximum absolute atomic E-state index is 3.29. The molecule has 0 saturated heterocycles. The van der Waals surface area contributed by atoms with Crippen LogP contribution >= 0.6 is 0 Å². The molecule has 0 saturated carbocycles. The predicted molar refractivity (Wildman–Crippen MR) is 128 cm³/mol. The van der Waals surface area contributed by atoms with Crippen molar-refractivity contribution in [2.24, 2.45) is 0 Å². The van der Waals surface area contributed by atoms with Gasteiger partial charge in [0, 0.05) is 0 Å². The topological polar surface area (TPSA) is 3.24 Å². The highest BCUT2D eigenvalue weighted by Crippen LogP contribution is 2.37. The molecule has 0 aliphatic heterocycles. The highest BCUT2D eigenvalue weighted by atomic mass is 28.4. The fourth-order valence-electron chi connectivity index (χ4n) is 5.52. The molecule has 0 heterocycles. The molecule has 0 bridgehead atoms. The van der Waals surface area contributed by atoms with E-state index in [0.29, 0.717) is 0 Å². The van der Waals surface area contributed by atoms with E-state index >= 15 is 0 Å². The average Bonchev–Trinajstić information content (AvgIpc) is 2.68. The fraction of sp³-hybridized carbons (Fsp3) is 1.00. The first-order valence-corrected chi connectivity index (χ1v) is 19.6. The van der Waals surface area contributed by atoms with Crippen molar-refractivity contribution in [2.45, 2.75) is 129 Å². The Morgan fingerprint density at radius 2 is 0.800 bits per heavy atom. The van der Waals surface area contributed by atoms with Crippen molar-refractivity contribution in [3.8, 4) is 0 Å². The molecule has 0 aliphatic carbocycles. The van der Waals surface area contributed by atoms with Crippen molar-refractivity contribution < 1.29 is 0 Å². The first-order valence-electron chi connectivity index (χ1n) is 11.7. The Morgan fingerprint density at radius 3 is 1.04 bits per heavy atom. The summed E-state index contributed by atoms with van der Waals surface area (Å²) >= 11 is 0. The van der Waals surface area contributed by atoms with Gasteiger partial charge in [-0.05, 0) is 49.2 Å². The third kappa shape index (κ3) is 5.79. The summed E-state index contributed by atoms with van der Waals surface area (Å²) < 4.78 is 3.29. The van der Waals surface area contributed by atoms with Crippen LogP contribution in [0.5, 0.6) is 0 Å². The third-order valence-corrected chi connectivity index (χ3v) is 27.8. The van der Waals surface area contributed by atoms with Gasteiger partial charge in [0.15, 0.2) is 0 Å². The van der Waals surface area contributed by atoms with Crippen molar-refractivity contribution >= 4 is 24.5 Å². The second-order valence-corrected chi connectivity index (χ2v) is 24.7. The molecule has 0 rings (SSSR count). The molecule has 0 amide bonds. The zero-order chi connectivity index (χ0) is 19.6. The van der Waals surface area contributed by atoms with E-state index < -0.39 is 24.5 Å². The van der Waals surface area contributed by atoms with Gasteiger partial charge in [0.2, 0.25) is 0 Å². The van der Waals surface area contributed by atoms with Crippen LogP contribution < -0.4 is 0 Å². The van der Waals surface area contributed by atoms with Crippen LogP contribution in [0.3, 0.4) is 0 Å². The predicted octanol–water partition coefficient (Wildman–Crippen LogP) is 8.20. The van der Waals surface area contributed by atoms with Crippen LogP contribution in [-0.2, 0) is 0 Å². The summed E-state index contributed by atoms with van der Waals surface area (Å²) in [6.07, 6.45) is 1.49. The first kappa shape index (κ1) is 25.6. The first-order chi connectivity index (χ1) is 11.9. The van der Waals surface area contributed by atoms with Gasteiger partial charge < -0.3 is 4.23 Å². The number of hydrogen-bond donors (Lipinski definition) is 0. The summed E-state index contributed by atoms with van der Waals surface area (Å²) in [5, 5.41) is 0. The SMILES string of the molecule is CC[Si](CC)(CC)CCCN([Si](CC)(CC)CC)[Si](CC)(CC)CC. The molecule has 25 heavy (non-hydrogen) atoms. The molecule has 0 aromatic rings. The number of hydrogen-bond acceptors (Lipinski definition) is 1. The van der Waals surface area contributed by atoms with Gasteiger partial charge in [-0.2, -0.15) is 0 Å². The smallest absolute Gasteiger partial charge is 0.120 e. The van der Waals surface area contributed by atoms with Gasteiger partial charge in [-0.15, -0.1) is 0 Å². The Hall–Kier alpha value is 0.611. The van der Waals surface area contributed by atoms with Crippen molar-refractivity contribution in [1.82, 2.24) is 4.23 Å². The molecular weight excluding hydrogens is 350 g/mol. The van der Waals surface area contributed by atoms with Crippen LogP contribution in [-0.4, -0.2) is 35.3 Å². The minimum Gasteiger partial charge on any atom is -0.345 e. The van der Waals surface area contributed by atoms with Crippen molar-refractivity contribution in [3.63, 3.8) is 0 Å². The zero-order valence-electron chi connectivity index (χ0n) is 19.4. The summed E-state index contributed by atoms with van der Waals surface area (Å²) in [5.74, 6) is 0. The Kier molecular flexibility index (Phi) is 12.4. The summed E-state index contributed by atoms with van der Waals surface area (Å²) in [6, 6.07) is 14.9. The molecule has 4 heteroatoms. The van der Waals surface area contributed by atoms with Crippen molar-refractivity contribution in [2.75, 3.05) is 6.54 Å². The lowest BCUT2D eigenvalue weighted by molar-refractivity contribution is 0.563. The van der Waals surface area contributed by atoms with Gasteiger partial charge in [0.1, 0.15) is 16.5 Å². The number of nitrogens with zero attached hydrogens (tertiary/aromatic N) is 1. The molecule has 0 radical (unpaired) electrons. The Balaban J connectivity index is 5.55. The van der Waals surface area contributed by atoms with E-state index in [0.717, 1.165) is 0 Å². The summed E-state index contributed by atoms with van der Waals surface area (Å²) in [6.45, 7) is 23.9. The van der Waals surface area contributed by atoms with Crippen LogP contribution in [0.1, 0.15) is 68.7 Å². The van der Waals surface area contributed by atoms with Gasteiger partial charge >= 0.3 is 0 Å². The second-order valence-electron chi connectivity index (χ2n) is 8.39. The van der Waals surface area contributed by atoms with E-state index in [-0.39, 0.29) is 0 Å². The van der Waals surface area contributed by atoms with Crippen molar-refractivity contribution in [1.29, 1.82) is 0 Å². The van der Waals surface area contributed by atoms with Crippen molar-refractivity contribution in [3.05, 3.63) is 0 Å². The highest BCUT2D eigenvalue weighted by Gasteiger charge is 2.45. The summed E-state index contributed by atoms with van der Waals surface area (Å²) in [5.41, 5.74) is 0. The van der Waals surface area contributed by atoms with E-state index in [1.807, 2.05) is 0 Å². The molecule has 0 aliphatic rings. The fourth-order valence-corrected chi connectivity index (χ4v) is 22.4. The normalized spacial score (nSPS) is 13.7. The molecule has 152 valence electrons. The second kappa shape index (κ2) is 12.1. The Morgan fingerprint density at radius 1 is 0.480 bits per heavy atom. The summed E-state index contributed by atoms with van der Waals surface area (Å²) in [4.78, 5) is 0. The van der Waals surface area contributed by atoms with Gasteiger partial charge in [-0.1, -0.05) is 86.5 Å². The van der Waals surface area contributed by atoms with Crippen LogP contribution in [0.4, 0.5) is 0 Å². The summed E-state index contributed by atoms with van der Waals surface area (Å²) in [7, 11) is -3.48. The molecule has 0 atom stereocenters. The Bertz CT molecular complexity index is 289. The quantitative estimate of drug-likeness (QED) is 0.250. The van der Waals surface area contributed by atoms with E-state index in [2.05, 4.69) is 66.5 Å². The monoisotopic (exact) mass is 401 g/mol. The largest absolute Gasteiger partial charge is 0.345 e. The minimum atomic E-state index is -1.26. The maximum Gasteiger partial charge on any atom is 0.120 e. The van der Waals surface area contributed by atoms with E-state index in [1.54, 1.807) is 6.04 Å².